The predicted octanol–water partition coefficient (Wildman–Crippen LogP) is 3.93. The van der Waals surface area contributed by atoms with E-state index in [1.54, 1.807) is 31.2 Å². The Morgan fingerprint density at radius 3 is 2.42 bits per heavy atom. The molecule has 0 atom stereocenters. The van der Waals surface area contributed by atoms with Crippen LogP contribution in [0.3, 0.4) is 0 Å². The number of aryl methyl sites for hydroxylation is 1. The number of rotatable bonds is 8. The van der Waals surface area contributed by atoms with Crippen LogP contribution < -0.4 is 14.4 Å². The number of ether oxygens (including phenoxy) is 1. The van der Waals surface area contributed by atoms with E-state index in [9.17, 15) is 18.0 Å². The normalized spacial score (nSPS) is 14.9. The van der Waals surface area contributed by atoms with Gasteiger partial charge in [0.2, 0.25) is 5.91 Å². The number of fused-ring (bicyclic) bond motifs is 1. The van der Waals surface area contributed by atoms with Crippen molar-refractivity contribution in [1.29, 1.82) is 0 Å². The highest BCUT2D eigenvalue weighted by molar-refractivity contribution is 7.92. The van der Waals surface area contributed by atoms with E-state index < -0.39 is 10.0 Å². The second-order valence-corrected chi connectivity index (χ2v) is 11.5. The lowest BCUT2D eigenvalue weighted by Crippen LogP contribution is -2.29. The molecule has 38 heavy (non-hydrogen) atoms. The number of benzene rings is 3. The maximum atomic E-state index is 13.3. The van der Waals surface area contributed by atoms with Gasteiger partial charge >= 0.3 is 0 Å². The standard InChI is InChI=1S/C29H31N3O5S/c1-21-18-25(38(35,36)32-17-14-23-6-2-3-7-26(23)32)12-13-27(21)37-20-28(33)30-24-10-8-22(9-11-24)19-29(34)31-15-4-5-16-31/h2-3,6-13,18H,4-5,14-17,19-20H2,1H3,(H,30,33). The van der Waals surface area contributed by atoms with Gasteiger partial charge in [0.25, 0.3) is 15.9 Å². The Morgan fingerprint density at radius 1 is 0.947 bits per heavy atom. The van der Waals surface area contributed by atoms with Crippen LogP contribution in [0.1, 0.15) is 29.5 Å². The minimum Gasteiger partial charge on any atom is -0.483 e. The Balaban J connectivity index is 1.16. The number of likely N-dealkylation sites (tertiary alicyclic amines) is 1. The van der Waals surface area contributed by atoms with E-state index >= 15 is 0 Å². The highest BCUT2D eigenvalue weighted by atomic mass is 32.2. The first-order valence-electron chi connectivity index (χ1n) is 12.8. The lowest BCUT2D eigenvalue weighted by Gasteiger charge is -2.20. The Morgan fingerprint density at radius 2 is 1.68 bits per heavy atom. The zero-order valence-electron chi connectivity index (χ0n) is 21.4. The third-order valence-corrected chi connectivity index (χ3v) is 8.80. The number of hydrogen-bond donors (Lipinski definition) is 1. The highest BCUT2D eigenvalue weighted by Crippen LogP contribution is 2.33. The van der Waals surface area contributed by atoms with Crippen LogP contribution in [0.4, 0.5) is 11.4 Å². The van der Waals surface area contributed by atoms with Crippen molar-refractivity contribution in [2.75, 3.05) is 35.9 Å². The van der Waals surface area contributed by atoms with Crippen molar-refractivity contribution in [3.63, 3.8) is 0 Å². The predicted molar refractivity (Wildman–Crippen MR) is 146 cm³/mol. The maximum Gasteiger partial charge on any atom is 0.264 e. The third kappa shape index (κ3) is 5.52. The Bertz CT molecular complexity index is 1450. The van der Waals surface area contributed by atoms with E-state index in [2.05, 4.69) is 5.32 Å². The average Bonchev–Trinajstić information content (AvgIpc) is 3.60. The zero-order chi connectivity index (χ0) is 26.7. The van der Waals surface area contributed by atoms with Gasteiger partial charge in [-0.05, 0) is 79.3 Å². The van der Waals surface area contributed by atoms with E-state index in [1.165, 1.54) is 10.4 Å². The lowest BCUT2D eigenvalue weighted by atomic mass is 10.1. The third-order valence-electron chi connectivity index (χ3n) is 6.99. The van der Waals surface area contributed by atoms with Crippen LogP contribution in [-0.4, -0.2) is 51.4 Å². The van der Waals surface area contributed by atoms with Gasteiger partial charge in [0.05, 0.1) is 17.0 Å². The summed E-state index contributed by atoms with van der Waals surface area (Å²) in [4.78, 5) is 26.9. The van der Waals surface area contributed by atoms with Gasteiger partial charge in [-0.2, -0.15) is 0 Å². The fraction of sp³-hybridized carbons (Fsp3) is 0.310. The van der Waals surface area contributed by atoms with Crippen LogP contribution in [0, 0.1) is 6.92 Å². The summed E-state index contributed by atoms with van der Waals surface area (Å²) in [5.41, 5.74) is 3.87. The number of amides is 2. The van der Waals surface area contributed by atoms with Gasteiger partial charge in [0, 0.05) is 25.3 Å². The molecule has 5 rings (SSSR count). The fourth-order valence-corrected chi connectivity index (χ4v) is 6.52. The van der Waals surface area contributed by atoms with E-state index in [0.29, 0.717) is 42.1 Å². The Kier molecular flexibility index (Phi) is 7.37. The highest BCUT2D eigenvalue weighted by Gasteiger charge is 2.31. The smallest absolute Gasteiger partial charge is 0.264 e. The number of nitrogens with one attached hydrogen (secondary N) is 1. The molecule has 3 aromatic carbocycles. The lowest BCUT2D eigenvalue weighted by molar-refractivity contribution is -0.129. The molecule has 9 heteroatoms. The van der Waals surface area contributed by atoms with Gasteiger partial charge in [-0.25, -0.2) is 8.42 Å². The van der Waals surface area contributed by atoms with Crippen LogP contribution in [0.15, 0.2) is 71.6 Å². The minimum atomic E-state index is -3.70. The number of hydrogen-bond acceptors (Lipinski definition) is 5. The molecule has 198 valence electrons. The second-order valence-electron chi connectivity index (χ2n) is 9.68. The molecule has 2 aliphatic rings. The molecule has 3 aromatic rings. The minimum absolute atomic E-state index is 0.132. The van der Waals surface area contributed by atoms with Crippen LogP contribution in [-0.2, 0) is 32.5 Å². The van der Waals surface area contributed by atoms with Crippen molar-refractivity contribution >= 4 is 33.2 Å². The Labute approximate surface area is 223 Å². The number of nitrogens with zero attached hydrogens (tertiary/aromatic N) is 2. The van der Waals surface area contributed by atoms with E-state index in [-0.39, 0.29) is 23.3 Å². The summed E-state index contributed by atoms with van der Waals surface area (Å²) >= 11 is 0. The molecule has 8 nitrogen and oxygen atoms in total. The van der Waals surface area contributed by atoms with Gasteiger partial charge in [0.1, 0.15) is 5.75 Å². The quantitative estimate of drug-likeness (QED) is 0.473. The molecule has 1 saturated heterocycles. The summed E-state index contributed by atoms with van der Waals surface area (Å²) in [5, 5.41) is 2.79. The summed E-state index contributed by atoms with van der Waals surface area (Å²) in [6, 6.07) is 19.4. The molecule has 1 fully saturated rings. The summed E-state index contributed by atoms with van der Waals surface area (Å²) < 4.78 is 33.7. The number of sulfonamides is 1. The summed E-state index contributed by atoms with van der Waals surface area (Å²) in [6.45, 7) is 3.61. The molecule has 2 amide bonds. The van der Waals surface area contributed by atoms with Gasteiger partial charge in [-0.15, -0.1) is 0 Å². The molecule has 1 N–H and O–H groups in total. The zero-order valence-corrected chi connectivity index (χ0v) is 22.2. The van der Waals surface area contributed by atoms with Crippen LogP contribution >= 0.6 is 0 Å². The molecular formula is C29H31N3O5S. The number of carbonyl (C=O) groups is 2. The molecule has 0 saturated carbocycles. The topological polar surface area (TPSA) is 96.0 Å². The summed E-state index contributed by atoms with van der Waals surface area (Å²) in [6.07, 6.45) is 3.17. The van der Waals surface area contributed by atoms with Crippen molar-refractivity contribution in [3.8, 4) is 5.75 Å². The van der Waals surface area contributed by atoms with E-state index in [1.807, 2.05) is 41.3 Å². The molecule has 0 bridgehead atoms. The summed E-state index contributed by atoms with van der Waals surface area (Å²) in [5.74, 6) is 0.236. The summed E-state index contributed by atoms with van der Waals surface area (Å²) in [7, 11) is -3.70. The first-order chi connectivity index (χ1) is 18.3. The van der Waals surface area contributed by atoms with Gasteiger partial charge < -0.3 is 15.0 Å². The largest absolute Gasteiger partial charge is 0.483 e. The molecule has 0 spiro atoms. The average molecular weight is 534 g/mol. The molecule has 0 radical (unpaired) electrons. The van der Waals surface area contributed by atoms with Crippen LogP contribution in [0.25, 0.3) is 0 Å². The van der Waals surface area contributed by atoms with Gasteiger partial charge in [-0.3, -0.25) is 13.9 Å². The molecule has 2 heterocycles. The van der Waals surface area contributed by atoms with Crippen LogP contribution in [0.2, 0.25) is 0 Å². The van der Waals surface area contributed by atoms with Crippen molar-refractivity contribution < 1.29 is 22.7 Å². The molecule has 0 aromatic heterocycles. The monoisotopic (exact) mass is 533 g/mol. The van der Waals surface area contributed by atoms with E-state index in [4.69, 9.17) is 4.74 Å². The van der Waals surface area contributed by atoms with Gasteiger partial charge in [0.15, 0.2) is 6.61 Å². The van der Waals surface area contributed by atoms with Crippen molar-refractivity contribution in [2.45, 2.75) is 37.5 Å². The molecule has 0 unspecified atom stereocenters. The maximum absolute atomic E-state index is 13.3. The molecular weight excluding hydrogens is 502 g/mol. The second kappa shape index (κ2) is 10.9. The first-order valence-corrected chi connectivity index (χ1v) is 14.3. The van der Waals surface area contributed by atoms with E-state index in [0.717, 1.165) is 37.1 Å². The molecule has 0 aliphatic carbocycles. The first kappa shape index (κ1) is 25.8. The Hall–Kier alpha value is -3.85. The van der Waals surface area contributed by atoms with Gasteiger partial charge in [-0.1, -0.05) is 30.3 Å². The molecule has 2 aliphatic heterocycles. The van der Waals surface area contributed by atoms with Crippen molar-refractivity contribution in [2.24, 2.45) is 0 Å². The fourth-order valence-electron chi connectivity index (χ4n) is 4.93. The number of para-hydroxylation sites is 1. The van der Waals surface area contributed by atoms with Crippen molar-refractivity contribution in [3.05, 3.63) is 83.4 Å². The SMILES string of the molecule is Cc1cc(S(=O)(=O)N2CCc3ccccc32)ccc1OCC(=O)Nc1ccc(CC(=O)N2CCCC2)cc1. The number of carbonyl (C=O) groups excluding carboxylic acids is 2. The van der Waals surface area contributed by atoms with Crippen molar-refractivity contribution in [1.82, 2.24) is 4.90 Å². The number of anilines is 2. The van der Waals surface area contributed by atoms with Crippen LogP contribution in [0.5, 0.6) is 5.75 Å².